The molecule has 1 fully saturated rings. The molecule has 0 radical (unpaired) electrons. The topological polar surface area (TPSA) is 94.2 Å². The lowest BCUT2D eigenvalue weighted by molar-refractivity contribution is 0.0616. The molecule has 150 valence electrons. The van der Waals surface area contributed by atoms with Crippen LogP contribution in [-0.2, 0) is 10.2 Å². The zero-order valence-electron chi connectivity index (χ0n) is 16.3. The number of carbonyl (C=O) groups is 1. The van der Waals surface area contributed by atoms with Crippen LogP contribution in [0.25, 0.3) is 11.5 Å². The molecule has 29 heavy (non-hydrogen) atoms. The molecule has 8 nitrogen and oxygen atoms in total. The second-order valence-corrected chi connectivity index (χ2v) is 7.22. The molecule has 1 amide bonds. The number of likely N-dealkylation sites (tertiary alicyclic amines) is 1. The van der Waals surface area contributed by atoms with Gasteiger partial charge in [-0.3, -0.25) is 14.8 Å². The third kappa shape index (κ3) is 4.02. The molecule has 3 aromatic heterocycles. The van der Waals surface area contributed by atoms with Crippen LogP contribution in [0.2, 0.25) is 0 Å². The summed E-state index contributed by atoms with van der Waals surface area (Å²) in [7, 11) is 1.69. The average molecular weight is 393 g/mol. The summed E-state index contributed by atoms with van der Waals surface area (Å²) in [4.78, 5) is 27.4. The Morgan fingerprint density at radius 2 is 1.97 bits per heavy atom. The molecule has 0 unspecified atom stereocenters. The molecule has 4 heterocycles. The number of pyridine rings is 2. The van der Waals surface area contributed by atoms with Gasteiger partial charge in [-0.25, -0.2) is 0 Å². The number of nitrogens with zero attached hydrogens (tertiary/aromatic N) is 5. The largest absolute Gasteiger partial charge is 0.385 e. The van der Waals surface area contributed by atoms with Gasteiger partial charge in [-0.2, -0.15) is 4.98 Å². The van der Waals surface area contributed by atoms with Crippen LogP contribution >= 0.6 is 0 Å². The van der Waals surface area contributed by atoms with Gasteiger partial charge in [0.05, 0.1) is 5.56 Å². The highest BCUT2D eigenvalue weighted by Crippen LogP contribution is 2.38. The van der Waals surface area contributed by atoms with Crippen LogP contribution in [-0.4, -0.2) is 57.7 Å². The molecule has 0 spiro atoms. The summed E-state index contributed by atoms with van der Waals surface area (Å²) in [6.07, 6.45) is 8.93. The molecule has 0 bridgehead atoms. The Morgan fingerprint density at radius 1 is 1.17 bits per heavy atom. The normalized spacial score (nSPS) is 16.0. The van der Waals surface area contributed by atoms with Gasteiger partial charge in [0, 0.05) is 62.6 Å². The first-order chi connectivity index (χ1) is 14.2. The average Bonchev–Trinajstić information content (AvgIpc) is 3.30. The van der Waals surface area contributed by atoms with E-state index in [9.17, 15) is 4.79 Å². The van der Waals surface area contributed by atoms with Gasteiger partial charge in [0.25, 0.3) is 11.8 Å². The first-order valence-corrected chi connectivity index (χ1v) is 9.65. The molecule has 0 N–H and O–H groups in total. The number of aromatic nitrogens is 4. The van der Waals surface area contributed by atoms with E-state index in [1.807, 2.05) is 17.0 Å². The maximum atomic E-state index is 12.8. The lowest BCUT2D eigenvalue weighted by Gasteiger charge is -2.39. The highest BCUT2D eigenvalue weighted by molar-refractivity contribution is 5.93. The van der Waals surface area contributed by atoms with Crippen molar-refractivity contribution in [3.05, 3.63) is 60.4 Å². The van der Waals surface area contributed by atoms with Gasteiger partial charge in [0.2, 0.25) is 0 Å². The molecule has 1 aliphatic rings. The lowest BCUT2D eigenvalue weighted by Crippen LogP contribution is -2.46. The third-order valence-corrected chi connectivity index (χ3v) is 5.53. The maximum Gasteiger partial charge on any atom is 0.258 e. The quantitative estimate of drug-likeness (QED) is 0.635. The second kappa shape index (κ2) is 8.48. The summed E-state index contributed by atoms with van der Waals surface area (Å²) in [5, 5.41) is 4.29. The molecule has 1 aliphatic heterocycles. The molecule has 4 rings (SSSR count). The maximum absolute atomic E-state index is 12.8. The second-order valence-electron chi connectivity index (χ2n) is 7.22. The van der Waals surface area contributed by atoms with Crippen molar-refractivity contribution in [3.63, 3.8) is 0 Å². The highest BCUT2D eigenvalue weighted by Gasteiger charge is 2.41. The summed E-state index contributed by atoms with van der Waals surface area (Å²) >= 11 is 0. The molecule has 0 atom stereocenters. The van der Waals surface area contributed by atoms with Gasteiger partial charge in [-0.15, -0.1) is 0 Å². The predicted octanol–water partition coefficient (Wildman–Crippen LogP) is 2.74. The van der Waals surface area contributed by atoms with E-state index in [1.165, 1.54) is 0 Å². The van der Waals surface area contributed by atoms with Crippen LogP contribution in [0.4, 0.5) is 0 Å². The lowest BCUT2D eigenvalue weighted by atomic mass is 9.75. The predicted molar refractivity (Wildman–Crippen MR) is 105 cm³/mol. The minimum atomic E-state index is -0.281. The molecule has 3 aromatic rings. The van der Waals surface area contributed by atoms with Gasteiger partial charge < -0.3 is 14.2 Å². The molecule has 0 aromatic carbocycles. The Bertz CT molecular complexity index is 937. The Labute approximate surface area is 168 Å². The SMILES string of the molecule is COCCC1(c2noc(-c3ccncc3)n2)CCN(C(=O)c2cccnc2)CC1. The van der Waals surface area contributed by atoms with Crippen LogP contribution in [0.3, 0.4) is 0 Å². The zero-order valence-corrected chi connectivity index (χ0v) is 16.3. The number of hydrogen-bond donors (Lipinski definition) is 0. The number of ether oxygens (including phenoxy) is 1. The van der Waals surface area contributed by atoms with Crippen molar-refractivity contribution < 1.29 is 14.1 Å². The number of carbonyl (C=O) groups excluding carboxylic acids is 1. The Morgan fingerprint density at radius 3 is 2.66 bits per heavy atom. The van der Waals surface area contributed by atoms with Crippen LogP contribution in [0.1, 0.15) is 35.4 Å². The minimum Gasteiger partial charge on any atom is -0.385 e. The van der Waals surface area contributed by atoms with Crippen LogP contribution in [0.5, 0.6) is 0 Å². The fourth-order valence-electron chi connectivity index (χ4n) is 3.74. The van der Waals surface area contributed by atoms with Crippen molar-refractivity contribution in [1.29, 1.82) is 0 Å². The van der Waals surface area contributed by atoms with E-state index in [4.69, 9.17) is 9.26 Å². The fraction of sp³-hybridized carbons (Fsp3) is 0.381. The highest BCUT2D eigenvalue weighted by atomic mass is 16.5. The number of methoxy groups -OCH3 is 1. The molecular formula is C21H23N5O3. The molecule has 1 saturated heterocycles. The zero-order chi connectivity index (χ0) is 20.1. The summed E-state index contributed by atoms with van der Waals surface area (Å²) < 4.78 is 10.9. The van der Waals surface area contributed by atoms with E-state index in [-0.39, 0.29) is 11.3 Å². The smallest absolute Gasteiger partial charge is 0.258 e. The van der Waals surface area contributed by atoms with Gasteiger partial charge in [0.15, 0.2) is 5.82 Å². The standard InChI is InChI=1S/C21H23N5O3/c1-28-14-8-21(20-24-18(29-25-20)16-4-10-22-11-5-16)6-12-26(13-7-21)19(27)17-3-2-9-23-15-17/h2-5,9-11,15H,6-8,12-14H2,1H3. The summed E-state index contributed by atoms with van der Waals surface area (Å²) in [5.74, 6) is 1.16. The summed E-state index contributed by atoms with van der Waals surface area (Å²) in [6.45, 7) is 1.84. The number of amides is 1. The van der Waals surface area contributed by atoms with E-state index in [1.54, 1.807) is 44.0 Å². The van der Waals surface area contributed by atoms with Gasteiger partial charge in [-0.05, 0) is 43.5 Å². The molecular weight excluding hydrogens is 370 g/mol. The van der Waals surface area contributed by atoms with E-state index in [2.05, 4.69) is 20.1 Å². The Balaban J connectivity index is 1.53. The first-order valence-electron chi connectivity index (χ1n) is 9.65. The molecule has 0 aliphatic carbocycles. The van der Waals surface area contributed by atoms with Crippen LogP contribution in [0.15, 0.2) is 53.6 Å². The summed E-state index contributed by atoms with van der Waals surface area (Å²) in [6, 6.07) is 7.25. The van der Waals surface area contributed by atoms with Gasteiger partial charge >= 0.3 is 0 Å². The fourth-order valence-corrected chi connectivity index (χ4v) is 3.74. The number of piperidine rings is 1. The van der Waals surface area contributed by atoms with E-state index >= 15 is 0 Å². The Hall–Kier alpha value is -3.13. The van der Waals surface area contributed by atoms with E-state index in [0.717, 1.165) is 24.8 Å². The van der Waals surface area contributed by atoms with Crippen LogP contribution < -0.4 is 0 Å². The van der Waals surface area contributed by atoms with Crippen molar-refractivity contribution in [1.82, 2.24) is 25.0 Å². The van der Waals surface area contributed by atoms with Crippen molar-refractivity contribution in [2.75, 3.05) is 26.8 Å². The van der Waals surface area contributed by atoms with E-state index in [0.29, 0.717) is 37.0 Å². The van der Waals surface area contributed by atoms with Crippen LogP contribution in [0, 0.1) is 0 Å². The van der Waals surface area contributed by atoms with Gasteiger partial charge in [0.1, 0.15) is 0 Å². The summed E-state index contributed by atoms with van der Waals surface area (Å²) in [5.41, 5.74) is 1.16. The first kappa shape index (κ1) is 19.2. The van der Waals surface area contributed by atoms with Crippen molar-refractivity contribution >= 4 is 5.91 Å². The number of rotatable bonds is 6. The number of hydrogen-bond acceptors (Lipinski definition) is 7. The monoisotopic (exact) mass is 393 g/mol. The Kier molecular flexibility index (Phi) is 5.62. The minimum absolute atomic E-state index is 0.00373. The van der Waals surface area contributed by atoms with Crippen molar-refractivity contribution in [3.8, 4) is 11.5 Å². The van der Waals surface area contributed by atoms with Crippen molar-refractivity contribution in [2.24, 2.45) is 0 Å². The third-order valence-electron chi connectivity index (χ3n) is 5.53. The molecule has 8 heteroatoms. The van der Waals surface area contributed by atoms with Gasteiger partial charge in [-0.1, -0.05) is 5.16 Å². The van der Waals surface area contributed by atoms with E-state index < -0.39 is 0 Å². The molecule has 0 saturated carbocycles. The van der Waals surface area contributed by atoms with Crippen molar-refractivity contribution in [2.45, 2.75) is 24.7 Å².